The van der Waals surface area contributed by atoms with Crippen LogP contribution in [0.1, 0.15) is 25.1 Å². The minimum absolute atomic E-state index is 0.123. The molecule has 0 saturated carbocycles. The van der Waals surface area contributed by atoms with Gasteiger partial charge in [-0.1, -0.05) is 44.2 Å². The highest BCUT2D eigenvalue weighted by Gasteiger charge is 2.20. The molecule has 0 N–H and O–H groups in total. The van der Waals surface area contributed by atoms with Crippen LogP contribution >= 0.6 is 0 Å². The summed E-state index contributed by atoms with van der Waals surface area (Å²) in [7, 11) is -1.76. The quantitative estimate of drug-likeness (QED) is 0.669. The zero-order valence-electron chi connectivity index (χ0n) is 14.8. The molecule has 132 valence electrons. The number of rotatable bonds is 4. The van der Waals surface area contributed by atoms with Crippen LogP contribution in [0.3, 0.4) is 0 Å². The lowest BCUT2D eigenvalue weighted by molar-refractivity contribution is 0.586. The first-order chi connectivity index (χ1) is 12.0. The van der Waals surface area contributed by atoms with Crippen LogP contribution in [0.5, 0.6) is 0 Å². The average Bonchev–Trinajstić information content (AvgIpc) is 2.96. The lowest BCUT2D eigenvalue weighted by atomic mass is 10.2. The zero-order chi connectivity index (χ0) is 18.4. The van der Waals surface area contributed by atoms with Crippen molar-refractivity contribution >= 4 is 9.84 Å². The smallest absolute Gasteiger partial charge is 0.248 e. The topological polar surface area (TPSA) is 77.7 Å². The highest BCUT2D eigenvalue weighted by molar-refractivity contribution is 7.90. The molecule has 0 fully saturated rings. The third-order valence-electron chi connectivity index (χ3n) is 3.47. The highest BCUT2D eigenvalue weighted by atomic mass is 32.2. The molecular weight excluding hydrogens is 336 g/mol. The van der Waals surface area contributed by atoms with Gasteiger partial charge < -0.3 is 4.57 Å². The van der Waals surface area contributed by atoms with Crippen molar-refractivity contribution in [3.05, 3.63) is 60.2 Å². The largest absolute Gasteiger partial charge is 0.332 e. The number of hydrogen-bond donors (Lipinski definition) is 0. The van der Waals surface area contributed by atoms with Gasteiger partial charge in [0, 0.05) is 13.2 Å². The summed E-state index contributed by atoms with van der Waals surface area (Å²) in [6.07, 6.45) is 3.14. The molecule has 0 radical (unpaired) electrons. The molecule has 2 heterocycles. The molecule has 25 heavy (non-hydrogen) atoms. The minimum atomic E-state index is -3.60. The first-order valence-corrected chi connectivity index (χ1v) is 9.70. The third-order valence-corrected chi connectivity index (χ3v) is 4.94. The lowest BCUT2D eigenvalue weighted by Crippen LogP contribution is -2.10. The fourth-order valence-corrected chi connectivity index (χ4v) is 3.61. The van der Waals surface area contributed by atoms with Crippen molar-refractivity contribution in [1.29, 1.82) is 0 Å². The molecule has 0 saturated heterocycles. The Bertz CT molecular complexity index is 915. The molecule has 7 heteroatoms. The molecule has 6 nitrogen and oxygen atoms in total. The van der Waals surface area contributed by atoms with Crippen LogP contribution in [0.4, 0.5) is 0 Å². The van der Waals surface area contributed by atoms with Crippen LogP contribution in [0.15, 0.2) is 54.1 Å². The Morgan fingerprint density at radius 2 is 1.72 bits per heavy atom. The molecule has 0 bridgehead atoms. The molecule has 1 aromatic carbocycles. The summed E-state index contributed by atoms with van der Waals surface area (Å²) in [5.41, 5.74) is 2.82. The van der Waals surface area contributed by atoms with Crippen LogP contribution in [0.2, 0.25) is 0 Å². The molecule has 0 aliphatic carbocycles. The molecule has 0 aliphatic heterocycles. The van der Waals surface area contributed by atoms with E-state index in [1.54, 1.807) is 36.7 Å². The fraction of sp³-hybridized carbons (Fsp3) is 0.278. The Morgan fingerprint density at radius 3 is 2.32 bits per heavy atom. The van der Waals surface area contributed by atoms with Crippen LogP contribution in [0.25, 0.3) is 11.4 Å². The zero-order valence-corrected chi connectivity index (χ0v) is 15.7. The van der Waals surface area contributed by atoms with Crippen molar-refractivity contribution in [2.45, 2.75) is 31.7 Å². The molecule has 0 aliphatic rings. The van der Waals surface area contributed by atoms with Crippen molar-refractivity contribution < 1.29 is 8.42 Å². The van der Waals surface area contributed by atoms with Gasteiger partial charge in [-0.2, -0.15) is 0 Å². The Morgan fingerprint density at radius 1 is 1.04 bits per heavy atom. The SMILES string of the molecule is CC.Cc1ncn(C)c1-c1ccnc(S(=O)(=O)Cc2ccccc2)n1. The van der Waals surface area contributed by atoms with Gasteiger partial charge in [0.25, 0.3) is 0 Å². The second kappa shape index (κ2) is 8.02. The number of sulfone groups is 1. The van der Waals surface area contributed by atoms with Crippen LogP contribution in [0, 0.1) is 6.92 Å². The van der Waals surface area contributed by atoms with Gasteiger partial charge >= 0.3 is 0 Å². The summed E-state index contributed by atoms with van der Waals surface area (Å²) in [5, 5.41) is -0.167. The van der Waals surface area contributed by atoms with E-state index in [2.05, 4.69) is 15.0 Å². The van der Waals surface area contributed by atoms with Crippen LogP contribution in [-0.2, 0) is 22.6 Å². The van der Waals surface area contributed by atoms with Gasteiger partial charge in [-0.25, -0.2) is 23.4 Å². The summed E-state index contributed by atoms with van der Waals surface area (Å²) in [6.45, 7) is 5.86. The van der Waals surface area contributed by atoms with E-state index in [9.17, 15) is 8.42 Å². The summed E-state index contributed by atoms with van der Waals surface area (Å²) in [6, 6.07) is 10.7. The number of nitrogens with zero attached hydrogens (tertiary/aromatic N) is 4. The lowest BCUT2D eigenvalue weighted by Gasteiger charge is -2.07. The van der Waals surface area contributed by atoms with Gasteiger partial charge in [0.05, 0.1) is 29.2 Å². The van der Waals surface area contributed by atoms with E-state index < -0.39 is 9.84 Å². The molecule has 0 spiro atoms. The Balaban J connectivity index is 0.00000109. The van der Waals surface area contributed by atoms with E-state index in [0.717, 1.165) is 11.4 Å². The van der Waals surface area contributed by atoms with E-state index in [4.69, 9.17) is 0 Å². The summed E-state index contributed by atoms with van der Waals surface area (Å²) >= 11 is 0. The molecule has 0 amide bonds. The molecule has 0 atom stereocenters. The van der Waals surface area contributed by atoms with Crippen molar-refractivity contribution in [2.75, 3.05) is 0 Å². The van der Waals surface area contributed by atoms with E-state index >= 15 is 0 Å². The minimum Gasteiger partial charge on any atom is -0.332 e. The van der Waals surface area contributed by atoms with Crippen molar-refractivity contribution in [1.82, 2.24) is 19.5 Å². The van der Waals surface area contributed by atoms with E-state index in [-0.39, 0.29) is 10.9 Å². The molecule has 3 aromatic rings. The van der Waals surface area contributed by atoms with Gasteiger partial charge in [0.15, 0.2) is 0 Å². The van der Waals surface area contributed by atoms with Gasteiger partial charge in [0.2, 0.25) is 15.0 Å². The predicted octanol–water partition coefficient (Wildman–Crippen LogP) is 3.19. The second-order valence-electron chi connectivity index (χ2n) is 5.26. The second-order valence-corrected chi connectivity index (χ2v) is 7.14. The Kier molecular flexibility index (Phi) is 6.03. The number of imidazole rings is 1. The number of aryl methyl sites for hydroxylation is 2. The van der Waals surface area contributed by atoms with Crippen molar-refractivity contribution in [3.8, 4) is 11.4 Å². The van der Waals surface area contributed by atoms with Crippen LogP contribution in [-0.4, -0.2) is 27.9 Å². The summed E-state index contributed by atoms with van der Waals surface area (Å²) < 4.78 is 26.9. The average molecular weight is 358 g/mol. The van der Waals surface area contributed by atoms with Gasteiger partial charge in [-0.15, -0.1) is 0 Å². The maximum Gasteiger partial charge on any atom is 0.248 e. The fourth-order valence-electron chi connectivity index (χ4n) is 2.39. The van der Waals surface area contributed by atoms with Gasteiger partial charge in [-0.3, -0.25) is 0 Å². The molecule has 2 aromatic heterocycles. The van der Waals surface area contributed by atoms with E-state index in [1.807, 2.05) is 38.5 Å². The summed E-state index contributed by atoms with van der Waals surface area (Å²) in [4.78, 5) is 12.4. The Hall–Kier alpha value is -2.54. The number of aromatic nitrogens is 4. The number of hydrogen-bond acceptors (Lipinski definition) is 5. The van der Waals surface area contributed by atoms with Gasteiger partial charge in [-0.05, 0) is 18.6 Å². The molecular formula is C18H22N4O2S. The first kappa shape index (κ1) is 18.8. The third kappa shape index (κ3) is 4.30. The number of benzene rings is 1. The maximum atomic E-state index is 12.5. The van der Waals surface area contributed by atoms with Crippen molar-refractivity contribution in [2.24, 2.45) is 7.05 Å². The van der Waals surface area contributed by atoms with E-state index in [0.29, 0.717) is 11.3 Å². The van der Waals surface area contributed by atoms with Gasteiger partial charge in [0.1, 0.15) is 0 Å². The highest BCUT2D eigenvalue weighted by Crippen LogP contribution is 2.21. The predicted molar refractivity (Wildman–Crippen MR) is 97.7 cm³/mol. The summed E-state index contributed by atoms with van der Waals surface area (Å²) in [5.74, 6) is -0.123. The van der Waals surface area contributed by atoms with Crippen LogP contribution < -0.4 is 0 Å². The Labute approximate surface area is 148 Å². The molecule has 3 rings (SSSR count). The maximum absolute atomic E-state index is 12.5. The molecule has 0 unspecified atom stereocenters. The standard InChI is InChI=1S/C16H16N4O2S.C2H6/c1-12-15(20(2)11-18-12)14-8-9-17-16(19-14)23(21,22)10-13-6-4-3-5-7-13;1-2/h3-9,11H,10H2,1-2H3;1-2H3. The van der Waals surface area contributed by atoms with Crippen molar-refractivity contribution in [3.63, 3.8) is 0 Å². The van der Waals surface area contributed by atoms with E-state index in [1.165, 1.54) is 6.20 Å². The normalized spacial score (nSPS) is 10.9. The first-order valence-electron chi connectivity index (χ1n) is 8.05. The monoisotopic (exact) mass is 358 g/mol.